The van der Waals surface area contributed by atoms with E-state index in [1.54, 1.807) is 11.6 Å². The molecule has 2 aromatic carbocycles. The molecule has 0 spiro atoms. The Hall–Kier alpha value is -2.46. The number of fused-ring (bicyclic) bond motifs is 1. The highest BCUT2D eigenvalue weighted by molar-refractivity contribution is 5.83. The van der Waals surface area contributed by atoms with Gasteiger partial charge in [0.05, 0.1) is 10.9 Å². The predicted octanol–water partition coefficient (Wildman–Crippen LogP) is 2.37. The first-order chi connectivity index (χ1) is 10.1. The third kappa shape index (κ3) is 2.23. The van der Waals surface area contributed by atoms with Gasteiger partial charge in [0.2, 0.25) is 0 Å². The van der Waals surface area contributed by atoms with E-state index in [2.05, 4.69) is 0 Å². The van der Waals surface area contributed by atoms with E-state index in [1.165, 1.54) is 0 Å². The molecule has 106 valence electrons. The summed E-state index contributed by atoms with van der Waals surface area (Å²) in [5.74, 6) is 0.659. The van der Waals surface area contributed by atoms with Gasteiger partial charge < -0.3 is 5.73 Å². The summed E-state index contributed by atoms with van der Waals surface area (Å²) in [6, 6.07) is 13.6. The van der Waals surface area contributed by atoms with E-state index in [-0.39, 0.29) is 5.56 Å². The van der Waals surface area contributed by atoms with Crippen LogP contribution in [0.2, 0.25) is 0 Å². The van der Waals surface area contributed by atoms with Crippen molar-refractivity contribution in [3.63, 3.8) is 0 Å². The maximum absolute atomic E-state index is 12.6. The Morgan fingerprint density at radius 2 is 1.90 bits per heavy atom. The first-order valence-electron chi connectivity index (χ1n) is 6.87. The molecule has 3 aromatic rings. The van der Waals surface area contributed by atoms with Crippen LogP contribution in [0.3, 0.4) is 0 Å². The first-order valence-corrected chi connectivity index (χ1v) is 6.87. The van der Waals surface area contributed by atoms with E-state index < -0.39 is 0 Å². The summed E-state index contributed by atoms with van der Waals surface area (Å²) in [4.78, 5) is 17.3. The molecule has 3 rings (SSSR count). The van der Waals surface area contributed by atoms with Gasteiger partial charge in [0.15, 0.2) is 0 Å². The van der Waals surface area contributed by atoms with Gasteiger partial charge in [-0.3, -0.25) is 9.36 Å². The molecule has 0 aliphatic heterocycles. The lowest BCUT2D eigenvalue weighted by Gasteiger charge is -2.12. The summed E-state index contributed by atoms with van der Waals surface area (Å²) in [5.41, 5.74) is 9.31. The molecule has 0 saturated heterocycles. The number of aryl methyl sites for hydroxylation is 1. The van der Waals surface area contributed by atoms with Gasteiger partial charge in [0.25, 0.3) is 5.56 Å². The molecule has 4 heteroatoms. The highest BCUT2D eigenvalue weighted by Gasteiger charge is 2.12. The Kier molecular flexibility index (Phi) is 3.31. The molecule has 0 aliphatic carbocycles. The lowest BCUT2D eigenvalue weighted by Crippen LogP contribution is -2.21. The van der Waals surface area contributed by atoms with E-state index in [9.17, 15) is 4.79 Å². The number of nitrogens with two attached hydrogens (primary N) is 1. The topological polar surface area (TPSA) is 60.9 Å². The second kappa shape index (κ2) is 5.14. The quantitative estimate of drug-likeness (QED) is 0.783. The van der Waals surface area contributed by atoms with Gasteiger partial charge in [0, 0.05) is 19.2 Å². The molecule has 0 aliphatic rings. The van der Waals surface area contributed by atoms with Crippen molar-refractivity contribution in [3.05, 3.63) is 63.9 Å². The van der Waals surface area contributed by atoms with Crippen LogP contribution in [-0.2, 0) is 13.6 Å². The van der Waals surface area contributed by atoms with Crippen LogP contribution >= 0.6 is 0 Å². The van der Waals surface area contributed by atoms with E-state index in [0.29, 0.717) is 23.3 Å². The third-order valence-electron chi connectivity index (χ3n) is 3.66. The summed E-state index contributed by atoms with van der Waals surface area (Å²) in [7, 11) is 1.75. The normalized spacial score (nSPS) is 11.0. The Morgan fingerprint density at radius 1 is 1.19 bits per heavy atom. The van der Waals surface area contributed by atoms with Crippen LogP contribution in [0.15, 0.2) is 47.3 Å². The Balaban J connectivity index is 2.42. The lowest BCUT2D eigenvalue weighted by atomic mass is 10.1. The van der Waals surface area contributed by atoms with Gasteiger partial charge in [0.1, 0.15) is 5.82 Å². The number of hydrogen-bond donors (Lipinski definition) is 1. The van der Waals surface area contributed by atoms with E-state index in [4.69, 9.17) is 10.7 Å². The molecular weight excluding hydrogens is 262 g/mol. The molecule has 21 heavy (non-hydrogen) atoms. The zero-order valence-corrected chi connectivity index (χ0v) is 12.1. The SMILES string of the molecule is Cc1cc(CN)c2nc(-c3ccccc3)n(C)c(=O)c2c1. The van der Waals surface area contributed by atoms with Crippen molar-refractivity contribution in [3.8, 4) is 11.4 Å². The van der Waals surface area contributed by atoms with E-state index in [1.807, 2.05) is 49.4 Å². The molecule has 0 saturated carbocycles. The van der Waals surface area contributed by atoms with Gasteiger partial charge in [-0.1, -0.05) is 36.4 Å². The maximum atomic E-state index is 12.6. The Bertz CT molecular complexity index is 867. The summed E-state index contributed by atoms with van der Waals surface area (Å²) >= 11 is 0. The molecular formula is C17H17N3O. The summed E-state index contributed by atoms with van der Waals surface area (Å²) in [6.45, 7) is 2.33. The predicted molar refractivity (Wildman–Crippen MR) is 85.0 cm³/mol. The summed E-state index contributed by atoms with van der Waals surface area (Å²) in [5, 5.41) is 0.623. The number of hydrogen-bond acceptors (Lipinski definition) is 3. The molecule has 0 bridgehead atoms. The van der Waals surface area contributed by atoms with E-state index in [0.717, 1.165) is 16.7 Å². The van der Waals surface area contributed by atoms with Crippen molar-refractivity contribution in [1.29, 1.82) is 0 Å². The number of rotatable bonds is 2. The van der Waals surface area contributed by atoms with Crippen molar-refractivity contribution >= 4 is 10.9 Å². The average molecular weight is 279 g/mol. The molecule has 0 atom stereocenters. The van der Waals surface area contributed by atoms with Gasteiger partial charge in [-0.15, -0.1) is 0 Å². The summed E-state index contributed by atoms with van der Waals surface area (Å²) in [6.07, 6.45) is 0. The zero-order valence-electron chi connectivity index (χ0n) is 12.1. The molecule has 0 radical (unpaired) electrons. The Morgan fingerprint density at radius 3 is 2.57 bits per heavy atom. The van der Waals surface area contributed by atoms with Crippen LogP contribution in [0.4, 0.5) is 0 Å². The van der Waals surface area contributed by atoms with Gasteiger partial charge in [-0.25, -0.2) is 4.98 Å². The van der Waals surface area contributed by atoms with Crippen molar-refractivity contribution < 1.29 is 0 Å². The molecule has 0 fully saturated rings. The van der Waals surface area contributed by atoms with Crippen LogP contribution in [0, 0.1) is 6.92 Å². The number of benzene rings is 2. The van der Waals surface area contributed by atoms with Gasteiger partial charge in [-0.05, 0) is 24.1 Å². The van der Waals surface area contributed by atoms with E-state index >= 15 is 0 Å². The highest BCUT2D eigenvalue weighted by atomic mass is 16.1. The number of nitrogens with zero attached hydrogens (tertiary/aromatic N) is 2. The molecule has 1 heterocycles. The van der Waals surface area contributed by atoms with Crippen molar-refractivity contribution in [2.45, 2.75) is 13.5 Å². The number of aromatic nitrogens is 2. The van der Waals surface area contributed by atoms with Crippen molar-refractivity contribution in [2.75, 3.05) is 0 Å². The molecule has 0 amide bonds. The van der Waals surface area contributed by atoms with Gasteiger partial charge >= 0.3 is 0 Å². The third-order valence-corrected chi connectivity index (χ3v) is 3.66. The summed E-state index contributed by atoms with van der Waals surface area (Å²) < 4.78 is 1.59. The standard InChI is InChI=1S/C17H17N3O/c1-11-8-13(10-18)15-14(9-11)17(21)20(2)16(19-15)12-6-4-3-5-7-12/h3-9H,10,18H2,1-2H3. The fourth-order valence-corrected chi connectivity index (χ4v) is 2.61. The minimum atomic E-state index is -0.0442. The maximum Gasteiger partial charge on any atom is 0.261 e. The van der Waals surface area contributed by atoms with Crippen LogP contribution in [0.25, 0.3) is 22.3 Å². The molecule has 1 aromatic heterocycles. The zero-order chi connectivity index (χ0) is 15.0. The fourth-order valence-electron chi connectivity index (χ4n) is 2.61. The van der Waals surface area contributed by atoms with Gasteiger partial charge in [-0.2, -0.15) is 0 Å². The van der Waals surface area contributed by atoms with Crippen molar-refractivity contribution in [2.24, 2.45) is 12.8 Å². The minimum Gasteiger partial charge on any atom is -0.326 e. The first kappa shape index (κ1) is 13.5. The highest BCUT2D eigenvalue weighted by Crippen LogP contribution is 2.21. The minimum absolute atomic E-state index is 0.0442. The van der Waals surface area contributed by atoms with Crippen LogP contribution in [-0.4, -0.2) is 9.55 Å². The average Bonchev–Trinajstić information content (AvgIpc) is 2.51. The van der Waals surface area contributed by atoms with Crippen LogP contribution < -0.4 is 11.3 Å². The molecule has 0 unspecified atom stereocenters. The second-order valence-electron chi connectivity index (χ2n) is 5.19. The monoisotopic (exact) mass is 279 g/mol. The Labute approximate surface area is 122 Å². The largest absolute Gasteiger partial charge is 0.326 e. The fraction of sp³-hybridized carbons (Fsp3) is 0.176. The molecule has 2 N–H and O–H groups in total. The van der Waals surface area contributed by atoms with Crippen LogP contribution in [0.5, 0.6) is 0 Å². The second-order valence-corrected chi connectivity index (χ2v) is 5.19. The smallest absolute Gasteiger partial charge is 0.261 e. The lowest BCUT2D eigenvalue weighted by molar-refractivity contribution is 0.853. The van der Waals surface area contributed by atoms with Crippen LogP contribution in [0.1, 0.15) is 11.1 Å². The molecule has 4 nitrogen and oxygen atoms in total. The van der Waals surface area contributed by atoms with Crippen molar-refractivity contribution in [1.82, 2.24) is 9.55 Å².